The van der Waals surface area contributed by atoms with Crippen LogP contribution in [-0.2, 0) is 9.53 Å². The Morgan fingerprint density at radius 1 is 1.27 bits per heavy atom. The summed E-state index contributed by atoms with van der Waals surface area (Å²) in [6.45, 7) is 4.18. The van der Waals surface area contributed by atoms with Gasteiger partial charge in [-0.3, -0.25) is 4.79 Å². The van der Waals surface area contributed by atoms with E-state index in [1.807, 2.05) is 12.1 Å². The largest absolute Gasteiger partial charge is 0.452 e. The molecule has 1 aliphatic rings. The lowest BCUT2D eigenvalue weighted by Gasteiger charge is -2.34. The van der Waals surface area contributed by atoms with Crippen molar-refractivity contribution < 1.29 is 14.3 Å². The van der Waals surface area contributed by atoms with Crippen LogP contribution in [0.25, 0.3) is 0 Å². The van der Waals surface area contributed by atoms with Gasteiger partial charge in [0.05, 0.1) is 5.56 Å². The molecule has 0 radical (unpaired) electrons. The van der Waals surface area contributed by atoms with Crippen LogP contribution in [0.15, 0.2) is 24.3 Å². The minimum Gasteiger partial charge on any atom is -0.452 e. The summed E-state index contributed by atoms with van der Waals surface area (Å²) >= 11 is 2.08. The van der Waals surface area contributed by atoms with E-state index in [0.717, 1.165) is 16.4 Å². The number of halogens is 1. The predicted octanol–water partition coefficient (Wildman–Crippen LogP) is 3.39. The molecule has 120 valence electrons. The molecule has 1 aromatic rings. The fourth-order valence-electron chi connectivity index (χ4n) is 2.87. The zero-order chi connectivity index (χ0) is 16.1. The number of benzene rings is 1. The number of rotatable bonds is 4. The summed E-state index contributed by atoms with van der Waals surface area (Å²) in [7, 11) is 0. The Bertz CT molecular complexity index is 546. The Kier molecular flexibility index (Phi) is 6.23. The molecule has 1 N–H and O–H groups in total. The van der Waals surface area contributed by atoms with Gasteiger partial charge in [-0.2, -0.15) is 0 Å². The van der Waals surface area contributed by atoms with Gasteiger partial charge in [-0.25, -0.2) is 4.79 Å². The Balaban J connectivity index is 1.83. The molecule has 0 aromatic heterocycles. The summed E-state index contributed by atoms with van der Waals surface area (Å²) in [6, 6.07) is 7.36. The lowest BCUT2D eigenvalue weighted by Crippen LogP contribution is -2.45. The van der Waals surface area contributed by atoms with Gasteiger partial charge in [-0.05, 0) is 53.0 Å². The third-order valence-electron chi connectivity index (χ3n) is 4.48. The van der Waals surface area contributed by atoms with E-state index in [4.69, 9.17) is 4.74 Å². The first-order chi connectivity index (χ1) is 10.5. The van der Waals surface area contributed by atoms with Crippen LogP contribution in [0.5, 0.6) is 0 Å². The van der Waals surface area contributed by atoms with Crippen molar-refractivity contribution >= 4 is 34.5 Å². The number of nitrogens with one attached hydrogen (secondary N) is 1. The third-order valence-corrected chi connectivity index (χ3v) is 5.42. The van der Waals surface area contributed by atoms with Crippen molar-refractivity contribution in [3.05, 3.63) is 33.4 Å². The molecular weight excluding hydrogens is 393 g/mol. The first kappa shape index (κ1) is 17.2. The molecule has 3 atom stereocenters. The van der Waals surface area contributed by atoms with Gasteiger partial charge < -0.3 is 10.1 Å². The second-order valence-corrected chi connectivity index (χ2v) is 7.16. The Labute approximate surface area is 145 Å². The first-order valence-corrected chi connectivity index (χ1v) is 8.78. The van der Waals surface area contributed by atoms with E-state index in [1.54, 1.807) is 12.1 Å². The molecule has 1 aliphatic carbocycles. The van der Waals surface area contributed by atoms with Crippen LogP contribution in [0.3, 0.4) is 0 Å². The number of amides is 1. The van der Waals surface area contributed by atoms with E-state index in [0.29, 0.717) is 17.4 Å². The van der Waals surface area contributed by atoms with E-state index in [9.17, 15) is 9.59 Å². The van der Waals surface area contributed by atoms with Gasteiger partial charge in [0.2, 0.25) is 0 Å². The molecule has 0 heterocycles. The lowest BCUT2D eigenvalue weighted by atomic mass is 9.78. The summed E-state index contributed by atoms with van der Waals surface area (Å²) in [5, 5.41) is 3.00. The molecule has 5 heteroatoms. The van der Waals surface area contributed by atoms with Gasteiger partial charge in [0.15, 0.2) is 6.61 Å². The number of carbonyl (C=O) groups is 2. The molecule has 1 aromatic carbocycles. The van der Waals surface area contributed by atoms with Crippen molar-refractivity contribution in [1.82, 2.24) is 5.32 Å². The molecule has 0 spiro atoms. The van der Waals surface area contributed by atoms with Gasteiger partial charge in [0.25, 0.3) is 5.91 Å². The molecule has 1 amide bonds. The Hall–Kier alpha value is -1.11. The van der Waals surface area contributed by atoms with E-state index < -0.39 is 5.97 Å². The van der Waals surface area contributed by atoms with Crippen molar-refractivity contribution in [2.45, 2.75) is 39.2 Å². The van der Waals surface area contributed by atoms with Gasteiger partial charge in [0.1, 0.15) is 0 Å². The highest BCUT2D eigenvalue weighted by Gasteiger charge is 2.28. The number of esters is 1. The SMILES string of the molecule is CC1CCCC(NC(=O)COC(=O)c2ccccc2I)C1C. The maximum atomic E-state index is 12.0. The van der Waals surface area contributed by atoms with Crippen molar-refractivity contribution in [1.29, 1.82) is 0 Å². The number of carbonyl (C=O) groups excluding carboxylic acids is 2. The maximum Gasteiger partial charge on any atom is 0.339 e. The highest BCUT2D eigenvalue weighted by molar-refractivity contribution is 14.1. The molecule has 4 nitrogen and oxygen atoms in total. The normalized spacial score (nSPS) is 24.6. The molecule has 1 fully saturated rings. The molecule has 0 bridgehead atoms. The zero-order valence-corrected chi connectivity index (χ0v) is 15.1. The average Bonchev–Trinajstić information content (AvgIpc) is 2.50. The van der Waals surface area contributed by atoms with Crippen LogP contribution in [0.1, 0.15) is 43.5 Å². The minimum absolute atomic E-state index is 0.187. The van der Waals surface area contributed by atoms with Crippen LogP contribution >= 0.6 is 22.6 Å². The summed E-state index contributed by atoms with van der Waals surface area (Å²) < 4.78 is 5.94. The standard InChI is InChI=1S/C17H22INO3/c1-11-6-5-9-15(12(11)2)19-16(20)10-22-17(21)13-7-3-4-8-14(13)18/h3-4,7-8,11-12,15H,5-6,9-10H2,1-2H3,(H,19,20). The zero-order valence-electron chi connectivity index (χ0n) is 13.0. The monoisotopic (exact) mass is 415 g/mol. The van der Waals surface area contributed by atoms with E-state index in [2.05, 4.69) is 41.8 Å². The molecule has 22 heavy (non-hydrogen) atoms. The van der Waals surface area contributed by atoms with Crippen LogP contribution in [0.4, 0.5) is 0 Å². The van der Waals surface area contributed by atoms with Crippen molar-refractivity contribution in [2.24, 2.45) is 11.8 Å². The van der Waals surface area contributed by atoms with E-state index >= 15 is 0 Å². The smallest absolute Gasteiger partial charge is 0.339 e. The van der Waals surface area contributed by atoms with Crippen LogP contribution in [0, 0.1) is 15.4 Å². The second-order valence-electron chi connectivity index (χ2n) is 6.00. The third kappa shape index (κ3) is 4.44. The van der Waals surface area contributed by atoms with Crippen molar-refractivity contribution in [3.8, 4) is 0 Å². The molecule has 3 unspecified atom stereocenters. The summed E-state index contributed by atoms with van der Waals surface area (Å²) in [5.41, 5.74) is 0.496. The quantitative estimate of drug-likeness (QED) is 0.606. The fraction of sp³-hybridized carbons (Fsp3) is 0.529. The Morgan fingerprint density at radius 3 is 2.73 bits per heavy atom. The molecule has 1 saturated carbocycles. The molecule has 2 rings (SSSR count). The maximum absolute atomic E-state index is 12.0. The highest BCUT2D eigenvalue weighted by atomic mass is 127. The van der Waals surface area contributed by atoms with Gasteiger partial charge in [-0.15, -0.1) is 0 Å². The fourth-order valence-corrected chi connectivity index (χ4v) is 3.48. The average molecular weight is 415 g/mol. The molecule has 0 aliphatic heterocycles. The predicted molar refractivity (Wildman–Crippen MR) is 93.6 cm³/mol. The van der Waals surface area contributed by atoms with Crippen LogP contribution in [0.2, 0.25) is 0 Å². The number of hydrogen-bond acceptors (Lipinski definition) is 3. The van der Waals surface area contributed by atoms with Gasteiger partial charge >= 0.3 is 5.97 Å². The van der Waals surface area contributed by atoms with Crippen molar-refractivity contribution in [2.75, 3.05) is 6.61 Å². The molecule has 0 saturated heterocycles. The second kappa shape index (κ2) is 7.94. The minimum atomic E-state index is -0.454. The summed E-state index contributed by atoms with van der Waals surface area (Å²) in [6.07, 6.45) is 3.36. The highest BCUT2D eigenvalue weighted by Crippen LogP contribution is 2.29. The van der Waals surface area contributed by atoms with Gasteiger partial charge in [-0.1, -0.05) is 38.8 Å². The topological polar surface area (TPSA) is 55.4 Å². The summed E-state index contributed by atoms with van der Waals surface area (Å²) in [4.78, 5) is 24.0. The summed E-state index contributed by atoms with van der Waals surface area (Å²) in [5.74, 6) is 0.409. The number of hydrogen-bond donors (Lipinski definition) is 1. The van der Waals surface area contributed by atoms with E-state index in [1.165, 1.54) is 6.42 Å². The Morgan fingerprint density at radius 2 is 2.00 bits per heavy atom. The first-order valence-electron chi connectivity index (χ1n) is 7.70. The van der Waals surface area contributed by atoms with Gasteiger partial charge in [0, 0.05) is 9.61 Å². The van der Waals surface area contributed by atoms with E-state index in [-0.39, 0.29) is 18.6 Å². The van der Waals surface area contributed by atoms with Crippen LogP contribution < -0.4 is 5.32 Å². The number of ether oxygens (including phenoxy) is 1. The van der Waals surface area contributed by atoms with Crippen molar-refractivity contribution in [3.63, 3.8) is 0 Å². The lowest BCUT2D eigenvalue weighted by molar-refractivity contribution is -0.125. The van der Waals surface area contributed by atoms with Crippen LogP contribution in [-0.4, -0.2) is 24.5 Å². The molecular formula is C17H22INO3.